The van der Waals surface area contributed by atoms with Crippen LogP contribution in [0.5, 0.6) is 0 Å². The summed E-state index contributed by atoms with van der Waals surface area (Å²) in [7, 11) is 0. The molecule has 30 heavy (non-hydrogen) atoms. The number of benzene rings is 2. The highest BCUT2D eigenvalue weighted by Gasteiger charge is 2.26. The minimum Gasteiger partial charge on any atom is -0.356 e. The fraction of sp³-hybridized carbons (Fsp3) is 0.391. The van der Waals surface area contributed by atoms with E-state index in [1.54, 1.807) is 6.07 Å². The third-order valence-corrected chi connectivity index (χ3v) is 6.12. The molecule has 2 aliphatic heterocycles. The van der Waals surface area contributed by atoms with E-state index < -0.39 is 0 Å². The van der Waals surface area contributed by atoms with Crippen molar-refractivity contribution in [3.63, 3.8) is 0 Å². The number of amides is 1. The van der Waals surface area contributed by atoms with Gasteiger partial charge in [-0.3, -0.25) is 14.6 Å². The minimum atomic E-state index is -0.320. The smallest absolute Gasteiger partial charge is 0.241 e. The van der Waals surface area contributed by atoms with E-state index in [1.165, 1.54) is 17.7 Å². The van der Waals surface area contributed by atoms with Crippen LogP contribution in [0, 0.1) is 5.82 Å². The molecule has 1 aromatic heterocycles. The molecule has 0 spiro atoms. The number of halogens is 1. The molecule has 2 aliphatic rings. The Kier molecular flexibility index (Phi) is 5.23. The number of fused-ring (bicyclic) bond motifs is 2. The van der Waals surface area contributed by atoms with Crippen molar-refractivity contribution in [3.05, 3.63) is 59.5 Å². The van der Waals surface area contributed by atoms with Crippen molar-refractivity contribution in [2.24, 2.45) is 0 Å². The summed E-state index contributed by atoms with van der Waals surface area (Å²) in [6, 6.07) is 12.8. The number of hydrogen-bond donors (Lipinski definition) is 0. The summed E-state index contributed by atoms with van der Waals surface area (Å²) in [6.07, 6.45) is 2.06. The van der Waals surface area contributed by atoms with Gasteiger partial charge in [0.2, 0.25) is 5.91 Å². The van der Waals surface area contributed by atoms with Gasteiger partial charge in [-0.25, -0.2) is 4.39 Å². The van der Waals surface area contributed by atoms with E-state index in [4.69, 9.17) is 4.52 Å². The van der Waals surface area contributed by atoms with Crippen LogP contribution in [0.25, 0.3) is 11.0 Å². The summed E-state index contributed by atoms with van der Waals surface area (Å²) in [5, 5.41) is 4.98. The predicted molar refractivity (Wildman–Crippen MR) is 113 cm³/mol. The first-order valence-corrected chi connectivity index (χ1v) is 10.5. The molecule has 3 heterocycles. The van der Waals surface area contributed by atoms with Crippen molar-refractivity contribution in [2.45, 2.75) is 19.4 Å². The summed E-state index contributed by atoms with van der Waals surface area (Å²) in [5.74, 6) is -0.139. The quantitative estimate of drug-likeness (QED) is 0.664. The van der Waals surface area contributed by atoms with E-state index in [0.717, 1.165) is 62.3 Å². The van der Waals surface area contributed by atoms with Crippen LogP contribution in [0.1, 0.15) is 17.7 Å². The maximum atomic E-state index is 13.3. The number of aryl methyl sites for hydroxylation is 1. The molecule has 7 heteroatoms. The first-order chi connectivity index (χ1) is 14.7. The number of rotatable bonds is 4. The number of carbonyl (C=O) groups is 1. The van der Waals surface area contributed by atoms with Crippen LogP contribution >= 0.6 is 0 Å². The van der Waals surface area contributed by atoms with E-state index in [-0.39, 0.29) is 11.7 Å². The van der Waals surface area contributed by atoms with Crippen LogP contribution in [0.2, 0.25) is 0 Å². The summed E-state index contributed by atoms with van der Waals surface area (Å²) in [6.45, 7) is 5.32. The number of carbonyl (C=O) groups excluding carboxylic acids is 1. The van der Waals surface area contributed by atoms with E-state index >= 15 is 0 Å². The number of para-hydroxylation sites is 1. The third kappa shape index (κ3) is 3.82. The second kappa shape index (κ2) is 8.16. The average Bonchev–Trinajstić information content (AvgIpc) is 3.16. The highest BCUT2D eigenvalue weighted by molar-refractivity contribution is 5.96. The highest BCUT2D eigenvalue weighted by atomic mass is 19.1. The Hall–Kier alpha value is -2.77. The normalized spacial score (nSPS) is 18.0. The second-order valence-electron chi connectivity index (χ2n) is 8.10. The predicted octanol–water partition coefficient (Wildman–Crippen LogP) is 3.06. The summed E-state index contributed by atoms with van der Waals surface area (Å²) in [5.41, 5.74) is 3.65. The maximum absolute atomic E-state index is 13.3. The van der Waals surface area contributed by atoms with Crippen molar-refractivity contribution in [1.82, 2.24) is 15.0 Å². The van der Waals surface area contributed by atoms with Gasteiger partial charge in [-0.05, 0) is 36.6 Å². The summed E-state index contributed by atoms with van der Waals surface area (Å²) in [4.78, 5) is 19.4. The second-order valence-corrected chi connectivity index (χ2v) is 8.10. The fourth-order valence-electron chi connectivity index (χ4n) is 4.46. The van der Waals surface area contributed by atoms with Crippen molar-refractivity contribution in [3.8, 4) is 0 Å². The Labute approximate surface area is 174 Å². The van der Waals surface area contributed by atoms with Gasteiger partial charge in [0.05, 0.1) is 6.54 Å². The monoisotopic (exact) mass is 408 g/mol. The van der Waals surface area contributed by atoms with E-state index in [2.05, 4.69) is 27.1 Å². The molecule has 1 saturated heterocycles. The molecule has 2 aromatic carbocycles. The van der Waals surface area contributed by atoms with Gasteiger partial charge in [-0.1, -0.05) is 23.4 Å². The number of hydrogen-bond acceptors (Lipinski definition) is 5. The molecule has 0 bridgehead atoms. The lowest BCUT2D eigenvalue weighted by Crippen LogP contribution is -2.50. The fourth-order valence-corrected chi connectivity index (χ4v) is 4.46. The largest absolute Gasteiger partial charge is 0.356 e. The Morgan fingerprint density at radius 1 is 1.03 bits per heavy atom. The minimum absolute atomic E-state index is 0.181. The summed E-state index contributed by atoms with van der Waals surface area (Å²) < 4.78 is 18.6. The van der Waals surface area contributed by atoms with Gasteiger partial charge in [0.1, 0.15) is 11.5 Å². The van der Waals surface area contributed by atoms with Crippen LogP contribution in [-0.4, -0.2) is 60.1 Å². The Balaban J connectivity index is 1.17. The molecular weight excluding hydrogens is 383 g/mol. The van der Waals surface area contributed by atoms with Crippen molar-refractivity contribution in [2.75, 3.05) is 44.2 Å². The van der Waals surface area contributed by atoms with Gasteiger partial charge < -0.3 is 9.42 Å². The molecule has 3 aromatic rings. The maximum Gasteiger partial charge on any atom is 0.241 e. The van der Waals surface area contributed by atoms with Crippen LogP contribution in [0.15, 0.2) is 47.0 Å². The number of piperazine rings is 1. The highest BCUT2D eigenvalue weighted by Crippen LogP contribution is 2.27. The number of anilines is 1. The lowest BCUT2D eigenvalue weighted by molar-refractivity contribution is -0.120. The van der Waals surface area contributed by atoms with Gasteiger partial charge in [0, 0.05) is 56.4 Å². The van der Waals surface area contributed by atoms with E-state index in [9.17, 15) is 9.18 Å². The third-order valence-electron chi connectivity index (χ3n) is 6.12. The molecule has 0 N–H and O–H groups in total. The van der Waals surface area contributed by atoms with Gasteiger partial charge >= 0.3 is 0 Å². The topological polar surface area (TPSA) is 52.8 Å². The molecule has 6 nitrogen and oxygen atoms in total. The molecule has 0 unspecified atom stereocenters. The van der Waals surface area contributed by atoms with Crippen molar-refractivity contribution >= 4 is 22.6 Å². The first kappa shape index (κ1) is 19.2. The Morgan fingerprint density at radius 2 is 1.83 bits per heavy atom. The van der Waals surface area contributed by atoms with Gasteiger partial charge in [-0.15, -0.1) is 0 Å². The summed E-state index contributed by atoms with van der Waals surface area (Å²) >= 11 is 0. The number of nitrogens with zero attached hydrogens (tertiary/aromatic N) is 4. The molecule has 1 amide bonds. The van der Waals surface area contributed by atoms with Gasteiger partial charge in [-0.2, -0.15) is 0 Å². The van der Waals surface area contributed by atoms with Crippen molar-refractivity contribution in [1.29, 1.82) is 0 Å². The molecule has 1 fully saturated rings. The lowest BCUT2D eigenvalue weighted by atomic mass is 10.0. The number of aromatic nitrogens is 1. The molecule has 0 atom stereocenters. The van der Waals surface area contributed by atoms with Crippen LogP contribution in [0.4, 0.5) is 10.1 Å². The zero-order chi connectivity index (χ0) is 20.5. The molecule has 5 rings (SSSR count). The molecule has 0 radical (unpaired) electrons. The standard InChI is InChI=1S/C23H25FN4O2/c24-18-7-8-19-20(25-30-22(19)14-18)15-26-10-12-27(13-11-26)16-23(29)28-9-3-5-17-4-1-2-6-21(17)28/h1-2,4,6-8,14H,3,5,9-13,15-16H2. The SMILES string of the molecule is O=C(CN1CCN(Cc2noc3cc(F)ccc23)CC1)N1CCCc2ccccc21. The lowest BCUT2D eigenvalue weighted by Gasteiger charge is -2.36. The van der Waals surface area contributed by atoms with Crippen LogP contribution < -0.4 is 4.90 Å². The van der Waals surface area contributed by atoms with Gasteiger partial charge in [0.25, 0.3) is 0 Å². The zero-order valence-electron chi connectivity index (χ0n) is 16.9. The van der Waals surface area contributed by atoms with Crippen LogP contribution in [0.3, 0.4) is 0 Å². The Morgan fingerprint density at radius 3 is 2.70 bits per heavy atom. The molecule has 0 saturated carbocycles. The zero-order valence-corrected chi connectivity index (χ0v) is 16.9. The average molecular weight is 408 g/mol. The molecule has 156 valence electrons. The Bertz CT molecular complexity index is 1060. The van der Waals surface area contributed by atoms with Gasteiger partial charge in [0.15, 0.2) is 5.58 Å². The van der Waals surface area contributed by atoms with Crippen LogP contribution in [-0.2, 0) is 17.8 Å². The van der Waals surface area contributed by atoms with E-state index in [0.29, 0.717) is 18.7 Å². The molecule has 0 aliphatic carbocycles. The molecular formula is C23H25FN4O2. The first-order valence-electron chi connectivity index (χ1n) is 10.5. The van der Waals surface area contributed by atoms with E-state index in [1.807, 2.05) is 17.0 Å². The van der Waals surface area contributed by atoms with Crippen molar-refractivity contribution < 1.29 is 13.7 Å².